The summed E-state index contributed by atoms with van der Waals surface area (Å²) in [6.45, 7) is 3.90. The summed E-state index contributed by atoms with van der Waals surface area (Å²) in [5.41, 5.74) is 2.25. The summed E-state index contributed by atoms with van der Waals surface area (Å²) >= 11 is 1.75. The van der Waals surface area contributed by atoms with E-state index in [0.29, 0.717) is 0 Å². The van der Waals surface area contributed by atoms with Crippen LogP contribution < -0.4 is 5.32 Å². The van der Waals surface area contributed by atoms with Crippen molar-refractivity contribution < 1.29 is 0 Å². The van der Waals surface area contributed by atoms with Crippen LogP contribution in [0.1, 0.15) is 12.6 Å². The van der Waals surface area contributed by atoms with E-state index in [9.17, 15) is 0 Å². The molecule has 1 aromatic carbocycles. The molecule has 0 radical (unpaired) electrons. The van der Waals surface area contributed by atoms with Gasteiger partial charge in [0.2, 0.25) is 0 Å². The second-order valence-corrected chi connectivity index (χ2v) is 4.65. The topological polar surface area (TPSA) is 40.7 Å². The Morgan fingerprint density at radius 1 is 1.29 bits per heavy atom. The van der Waals surface area contributed by atoms with Gasteiger partial charge >= 0.3 is 0 Å². The standard InChI is InChI=1S/C13H17N3S/c1-3-14-8-11-9-15-13(16-11)10-4-6-12(17-2)7-5-10/h4-7,9,14H,3,8H2,1-2H3,(H,15,16). The largest absolute Gasteiger partial charge is 0.341 e. The van der Waals surface area contributed by atoms with Crippen LogP contribution in [0, 0.1) is 0 Å². The van der Waals surface area contributed by atoms with E-state index < -0.39 is 0 Å². The van der Waals surface area contributed by atoms with Crippen LogP contribution in [0.3, 0.4) is 0 Å². The van der Waals surface area contributed by atoms with Crippen LogP contribution in [-0.4, -0.2) is 22.8 Å². The van der Waals surface area contributed by atoms with Crippen LogP contribution in [0.5, 0.6) is 0 Å². The molecule has 0 saturated heterocycles. The van der Waals surface area contributed by atoms with E-state index in [-0.39, 0.29) is 0 Å². The summed E-state index contributed by atoms with van der Waals surface area (Å²) in [5, 5.41) is 3.27. The van der Waals surface area contributed by atoms with Crippen molar-refractivity contribution in [3.05, 3.63) is 36.2 Å². The lowest BCUT2D eigenvalue weighted by molar-refractivity contribution is 0.714. The van der Waals surface area contributed by atoms with Gasteiger partial charge in [-0.1, -0.05) is 19.1 Å². The van der Waals surface area contributed by atoms with Gasteiger partial charge in [-0.3, -0.25) is 0 Å². The quantitative estimate of drug-likeness (QED) is 0.798. The average molecular weight is 247 g/mol. The maximum Gasteiger partial charge on any atom is 0.137 e. The zero-order valence-electron chi connectivity index (χ0n) is 10.2. The van der Waals surface area contributed by atoms with E-state index >= 15 is 0 Å². The summed E-state index contributed by atoms with van der Waals surface area (Å²) in [6, 6.07) is 8.43. The minimum absolute atomic E-state index is 0.840. The average Bonchev–Trinajstić information content (AvgIpc) is 2.85. The normalized spacial score (nSPS) is 10.7. The fourth-order valence-electron chi connectivity index (χ4n) is 1.60. The molecule has 17 heavy (non-hydrogen) atoms. The zero-order chi connectivity index (χ0) is 12.1. The summed E-state index contributed by atoms with van der Waals surface area (Å²) < 4.78 is 0. The molecule has 0 saturated carbocycles. The molecule has 0 fully saturated rings. The van der Waals surface area contributed by atoms with Crippen molar-refractivity contribution in [3.8, 4) is 11.4 Å². The maximum atomic E-state index is 4.39. The van der Waals surface area contributed by atoms with Crippen LogP contribution in [0.4, 0.5) is 0 Å². The van der Waals surface area contributed by atoms with Crippen LogP contribution in [0.25, 0.3) is 11.4 Å². The lowest BCUT2D eigenvalue weighted by atomic mass is 10.2. The Morgan fingerprint density at radius 3 is 2.71 bits per heavy atom. The molecule has 2 rings (SSSR count). The van der Waals surface area contributed by atoms with Crippen LogP contribution in [0.15, 0.2) is 35.4 Å². The minimum atomic E-state index is 0.840. The number of nitrogens with zero attached hydrogens (tertiary/aromatic N) is 1. The Kier molecular flexibility index (Phi) is 4.23. The summed E-state index contributed by atoms with van der Waals surface area (Å²) in [5.74, 6) is 0.936. The molecule has 0 aliphatic rings. The van der Waals surface area contributed by atoms with Crippen molar-refractivity contribution in [3.63, 3.8) is 0 Å². The molecule has 3 nitrogen and oxygen atoms in total. The third-order valence-electron chi connectivity index (χ3n) is 2.56. The minimum Gasteiger partial charge on any atom is -0.341 e. The number of H-pyrrole nitrogens is 1. The van der Waals surface area contributed by atoms with Gasteiger partial charge in [0.15, 0.2) is 0 Å². The zero-order valence-corrected chi connectivity index (χ0v) is 11.0. The van der Waals surface area contributed by atoms with Crippen LogP contribution in [-0.2, 0) is 6.54 Å². The lowest BCUT2D eigenvalue weighted by Gasteiger charge is -2.00. The van der Waals surface area contributed by atoms with Crippen molar-refractivity contribution in [2.24, 2.45) is 0 Å². The molecule has 0 atom stereocenters. The van der Waals surface area contributed by atoms with Gasteiger partial charge in [0, 0.05) is 28.9 Å². The third kappa shape index (κ3) is 3.11. The van der Waals surface area contributed by atoms with Gasteiger partial charge in [-0.2, -0.15) is 0 Å². The highest BCUT2D eigenvalue weighted by atomic mass is 32.2. The first kappa shape index (κ1) is 12.2. The highest BCUT2D eigenvalue weighted by Crippen LogP contribution is 2.20. The second-order valence-electron chi connectivity index (χ2n) is 3.77. The molecule has 2 aromatic rings. The molecular weight excluding hydrogens is 230 g/mol. The van der Waals surface area contributed by atoms with Crippen LogP contribution in [0.2, 0.25) is 0 Å². The fourth-order valence-corrected chi connectivity index (χ4v) is 2.01. The molecular formula is C13H17N3S. The van der Waals surface area contributed by atoms with Gasteiger partial charge in [-0.05, 0) is 24.9 Å². The Morgan fingerprint density at radius 2 is 2.06 bits per heavy atom. The molecule has 1 aromatic heterocycles. The fraction of sp³-hybridized carbons (Fsp3) is 0.308. The van der Waals surface area contributed by atoms with E-state index in [0.717, 1.165) is 30.2 Å². The molecule has 0 bridgehead atoms. The highest BCUT2D eigenvalue weighted by molar-refractivity contribution is 7.98. The SMILES string of the molecule is CCNCc1cnc(-c2ccc(SC)cc2)[nH]1. The first-order valence-electron chi connectivity index (χ1n) is 5.72. The predicted molar refractivity (Wildman–Crippen MR) is 73.2 cm³/mol. The summed E-state index contributed by atoms with van der Waals surface area (Å²) in [4.78, 5) is 8.99. The molecule has 4 heteroatoms. The molecule has 0 aliphatic carbocycles. The first-order chi connectivity index (χ1) is 8.33. The van der Waals surface area contributed by atoms with E-state index in [4.69, 9.17) is 0 Å². The number of hydrogen-bond donors (Lipinski definition) is 2. The van der Waals surface area contributed by atoms with E-state index in [1.165, 1.54) is 4.90 Å². The number of imidazole rings is 1. The monoisotopic (exact) mass is 247 g/mol. The lowest BCUT2D eigenvalue weighted by Crippen LogP contribution is -2.11. The number of aromatic nitrogens is 2. The second kappa shape index (κ2) is 5.89. The van der Waals surface area contributed by atoms with Gasteiger partial charge < -0.3 is 10.3 Å². The Balaban J connectivity index is 2.12. The Hall–Kier alpha value is -1.26. The Bertz CT molecular complexity index is 462. The summed E-state index contributed by atoms with van der Waals surface area (Å²) in [6.07, 6.45) is 3.97. The van der Waals surface area contributed by atoms with Crippen molar-refractivity contribution in [2.75, 3.05) is 12.8 Å². The number of hydrogen-bond acceptors (Lipinski definition) is 3. The molecule has 0 unspecified atom stereocenters. The number of benzene rings is 1. The molecule has 90 valence electrons. The van der Waals surface area contributed by atoms with Crippen molar-refractivity contribution >= 4 is 11.8 Å². The number of aromatic amines is 1. The van der Waals surface area contributed by atoms with Gasteiger partial charge in [0.05, 0.1) is 0 Å². The Labute approximate surface area is 106 Å². The number of rotatable bonds is 5. The smallest absolute Gasteiger partial charge is 0.137 e. The van der Waals surface area contributed by atoms with Crippen molar-refractivity contribution in [1.29, 1.82) is 0 Å². The van der Waals surface area contributed by atoms with Gasteiger partial charge in [0.25, 0.3) is 0 Å². The van der Waals surface area contributed by atoms with E-state index in [1.807, 2.05) is 6.20 Å². The molecule has 1 heterocycles. The van der Waals surface area contributed by atoms with Gasteiger partial charge in [-0.15, -0.1) is 11.8 Å². The first-order valence-corrected chi connectivity index (χ1v) is 6.95. The summed E-state index contributed by atoms with van der Waals surface area (Å²) in [7, 11) is 0. The van der Waals surface area contributed by atoms with Crippen molar-refractivity contribution in [1.82, 2.24) is 15.3 Å². The molecule has 0 amide bonds. The van der Waals surface area contributed by atoms with E-state index in [1.54, 1.807) is 11.8 Å². The number of nitrogens with one attached hydrogen (secondary N) is 2. The van der Waals surface area contributed by atoms with Gasteiger partial charge in [-0.25, -0.2) is 4.98 Å². The predicted octanol–water partition coefficient (Wildman–Crippen LogP) is 2.91. The molecule has 0 aliphatic heterocycles. The number of thioether (sulfide) groups is 1. The van der Waals surface area contributed by atoms with Gasteiger partial charge in [0.1, 0.15) is 5.82 Å². The molecule has 0 spiro atoms. The molecule has 2 N–H and O–H groups in total. The van der Waals surface area contributed by atoms with E-state index in [2.05, 4.69) is 52.7 Å². The van der Waals surface area contributed by atoms with Crippen molar-refractivity contribution in [2.45, 2.75) is 18.4 Å². The third-order valence-corrected chi connectivity index (χ3v) is 3.30. The van der Waals surface area contributed by atoms with Crippen LogP contribution >= 0.6 is 11.8 Å². The highest BCUT2D eigenvalue weighted by Gasteiger charge is 2.03. The maximum absolute atomic E-state index is 4.39.